The van der Waals surface area contributed by atoms with Crippen molar-refractivity contribution >= 4 is 70.2 Å². The summed E-state index contributed by atoms with van der Waals surface area (Å²) in [4.78, 5) is 9.66. The third-order valence-corrected chi connectivity index (χ3v) is 10.6. The van der Waals surface area contributed by atoms with Crippen molar-refractivity contribution in [3.05, 3.63) is 174 Å². The van der Waals surface area contributed by atoms with Gasteiger partial charge in [0.2, 0.25) is 0 Å². The second kappa shape index (κ2) is 11.5. The lowest BCUT2D eigenvalue weighted by Gasteiger charge is -2.14. The number of fused-ring (bicyclic) bond motifs is 9. The Morgan fingerprint density at radius 3 is 1.90 bits per heavy atom. The fourth-order valence-corrected chi connectivity index (χ4v) is 8.07. The molecule has 10 aromatic rings. The Labute approximate surface area is 297 Å². The lowest BCUT2D eigenvalue weighted by Crippen LogP contribution is -1.95. The van der Waals surface area contributed by atoms with E-state index in [2.05, 4.69) is 160 Å². The molecule has 2 heterocycles. The molecule has 0 aliphatic carbocycles. The Morgan fingerprint density at radius 2 is 1.10 bits per heavy atom. The Kier molecular flexibility index (Phi) is 6.64. The van der Waals surface area contributed by atoms with Gasteiger partial charge in [-0.15, -0.1) is 0 Å². The SMILES string of the molecule is Brc1ccc(-c2ccccc2-c2ccc3c4c5ccccc5c5ccccc5c4n(-c4ccccc4)c3c2)cc1-c1ncc2ccccc2n1. The summed E-state index contributed by atoms with van der Waals surface area (Å²) in [5.74, 6) is 0.697. The fraction of sp³-hybridized carbons (Fsp3) is 0. The largest absolute Gasteiger partial charge is 0.309 e. The maximum Gasteiger partial charge on any atom is 0.160 e. The van der Waals surface area contributed by atoms with Gasteiger partial charge in [-0.1, -0.05) is 143 Å². The third kappa shape index (κ3) is 4.49. The lowest BCUT2D eigenvalue weighted by molar-refractivity contribution is 1.19. The molecular weight excluding hydrogens is 674 g/mol. The topological polar surface area (TPSA) is 30.7 Å². The Balaban J connectivity index is 1.22. The molecule has 0 fully saturated rings. The Hall–Kier alpha value is -6.10. The van der Waals surface area contributed by atoms with Crippen molar-refractivity contribution in [2.24, 2.45) is 0 Å². The van der Waals surface area contributed by atoms with Crippen molar-refractivity contribution in [3.63, 3.8) is 0 Å². The van der Waals surface area contributed by atoms with Gasteiger partial charge in [-0.2, -0.15) is 0 Å². The minimum Gasteiger partial charge on any atom is -0.309 e. The van der Waals surface area contributed by atoms with Crippen LogP contribution >= 0.6 is 15.9 Å². The van der Waals surface area contributed by atoms with Gasteiger partial charge >= 0.3 is 0 Å². The number of hydrogen-bond acceptors (Lipinski definition) is 2. The minimum atomic E-state index is 0.697. The van der Waals surface area contributed by atoms with E-state index in [4.69, 9.17) is 9.97 Å². The first-order valence-corrected chi connectivity index (χ1v) is 17.6. The Bertz CT molecular complexity index is 2940. The number of nitrogens with zero attached hydrogens (tertiary/aromatic N) is 3. The molecule has 0 N–H and O–H groups in total. The summed E-state index contributed by atoms with van der Waals surface area (Å²) in [7, 11) is 0. The normalized spacial score (nSPS) is 11.7. The molecule has 50 heavy (non-hydrogen) atoms. The highest BCUT2D eigenvalue weighted by atomic mass is 79.9. The van der Waals surface area contributed by atoms with Crippen LogP contribution in [0.4, 0.5) is 0 Å². The molecule has 3 nitrogen and oxygen atoms in total. The summed E-state index contributed by atoms with van der Waals surface area (Å²) < 4.78 is 3.42. The average molecular weight is 703 g/mol. The molecular formula is C46H28BrN3. The number of rotatable bonds is 4. The zero-order valence-corrected chi connectivity index (χ0v) is 28.5. The maximum absolute atomic E-state index is 4.91. The van der Waals surface area contributed by atoms with E-state index in [0.29, 0.717) is 5.82 Å². The number of para-hydroxylation sites is 2. The van der Waals surface area contributed by atoms with E-state index in [0.717, 1.165) is 43.3 Å². The quantitative estimate of drug-likeness (QED) is 0.171. The molecule has 0 atom stereocenters. The fourth-order valence-electron chi connectivity index (χ4n) is 7.64. The van der Waals surface area contributed by atoms with Crippen LogP contribution in [0.3, 0.4) is 0 Å². The van der Waals surface area contributed by atoms with Crippen molar-refractivity contribution in [3.8, 4) is 39.3 Å². The van der Waals surface area contributed by atoms with Crippen molar-refractivity contribution < 1.29 is 0 Å². The molecule has 234 valence electrons. The first kappa shape index (κ1) is 28.9. The van der Waals surface area contributed by atoms with Gasteiger partial charge in [0.25, 0.3) is 0 Å². The van der Waals surface area contributed by atoms with E-state index in [1.807, 2.05) is 30.5 Å². The second-order valence-corrected chi connectivity index (χ2v) is 13.6. The van der Waals surface area contributed by atoms with Crippen molar-refractivity contribution in [2.45, 2.75) is 0 Å². The van der Waals surface area contributed by atoms with Crippen LogP contribution in [0.2, 0.25) is 0 Å². The molecule has 0 spiro atoms. The molecule has 0 unspecified atom stereocenters. The summed E-state index contributed by atoms with van der Waals surface area (Å²) >= 11 is 3.79. The first-order chi connectivity index (χ1) is 24.7. The van der Waals surface area contributed by atoms with Gasteiger partial charge in [-0.05, 0) is 74.8 Å². The van der Waals surface area contributed by atoms with Crippen LogP contribution in [-0.2, 0) is 0 Å². The van der Waals surface area contributed by atoms with Crippen LogP contribution in [0.1, 0.15) is 0 Å². The molecule has 0 amide bonds. The smallest absolute Gasteiger partial charge is 0.160 e. The van der Waals surface area contributed by atoms with Crippen LogP contribution in [0.5, 0.6) is 0 Å². The summed E-state index contributed by atoms with van der Waals surface area (Å²) in [6.45, 7) is 0. The number of aromatic nitrogens is 3. The third-order valence-electron chi connectivity index (χ3n) is 9.90. The van der Waals surface area contributed by atoms with Gasteiger partial charge < -0.3 is 4.57 Å². The highest BCUT2D eigenvalue weighted by Gasteiger charge is 2.20. The van der Waals surface area contributed by atoms with Gasteiger partial charge in [-0.25, -0.2) is 9.97 Å². The van der Waals surface area contributed by atoms with Gasteiger partial charge in [-0.3, -0.25) is 0 Å². The van der Waals surface area contributed by atoms with Gasteiger partial charge in [0.15, 0.2) is 5.82 Å². The summed E-state index contributed by atoms with van der Waals surface area (Å²) in [6.07, 6.45) is 1.90. The minimum absolute atomic E-state index is 0.697. The van der Waals surface area contributed by atoms with E-state index >= 15 is 0 Å². The molecule has 0 aliphatic rings. The molecule has 0 radical (unpaired) electrons. The van der Waals surface area contributed by atoms with E-state index in [1.165, 1.54) is 48.9 Å². The molecule has 0 saturated heterocycles. The van der Waals surface area contributed by atoms with Crippen LogP contribution in [0.25, 0.3) is 93.6 Å². The van der Waals surface area contributed by atoms with Crippen molar-refractivity contribution in [1.82, 2.24) is 14.5 Å². The zero-order chi connectivity index (χ0) is 33.2. The summed E-state index contributed by atoms with van der Waals surface area (Å²) in [6, 6.07) is 58.6. The maximum atomic E-state index is 4.91. The van der Waals surface area contributed by atoms with Crippen LogP contribution in [0.15, 0.2) is 174 Å². The predicted molar refractivity (Wildman–Crippen MR) is 213 cm³/mol. The van der Waals surface area contributed by atoms with Gasteiger partial charge in [0.05, 0.1) is 16.6 Å². The molecule has 2 aromatic heterocycles. The highest BCUT2D eigenvalue weighted by Crippen LogP contribution is 2.44. The summed E-state index contributed by atoms with van der Waals surface area (Å²) in [5, 5.41) is 8.62. The predicted octanol–water partition coefficient (Wildman–Crippen LogP) is 12.8. The van der Waals surface area contributed by atoms with Crippen LogP contribution in [-0.4, -0.2) is 14.5 Å². The molecule has 4 heteroatoms. The molecule has 0 saturated carbocycles. The number of halogens is 1. The van der Waals surface area contributed by atoms with E-state index in [1.54, 1.807) is 0 Å². The number of benzene rings is 8. The van der Waals surface area contributed by atoms with Gasteiger partial charge in [0, 0.05) is 43.5 Å². The average Bonchev–Trinajstić information content (AvgIpc) is 3.53. The van der Waals surface area contributed by atoms with Crippen molar-refractivity contribution in [2.75, 3.05) is 0 Å². The zero-order valence-electron chi connectivity index (χ0n) is 26.9. The monoisotopic (exact) mass is 701 g/mol. The molecule has 8 aromatic carbocycles. The van der Waals surface area contributed by atoms with Crippen molar-refractivity contribution in [1.29, 1.82) is 0 Å². The van der Waals surface area contributed by atoms with E-state index in [-0.39, 0.29) is 0 Å². The first-order valence-electron chi connectivity index (χ1n) is 16.8. The molecule has 10 rings (SSSR count). The van der Waals surface area contributed by atoms with E-state index < -0.39 is 0 Å². The molecule has 0 aliphatic heterocycles. The second-order valence-electron chi connectivity index (χ2n) is 12.7. The molecule has 0 bridgehead atoms. The van der Waals surface area contributed by atoms with Gasteiger partial charge in [0.1, 0.15) is 0 Å². The number of hydrogen-bond donors (Lipinski definition) is 0. The lowest BCUT2D eigenvalue weighted by atomic mass is 9.92. The van der Waals surface area contributed by atoms with Crippen LogP contribution < -0.4 is 0 Å². The van der Waals surface area contributed by atoms with E-state index in [9.17, 15) is 0 Å². The highest BCUT2D eigenvalue weighted by molar-refractivity contribution is 9.10. The Morgan fingerprint density at radius 1 is 0.480 bits per heavy atom. The standard InChI is InChI=1S/C46H28BrN3/c47-41-25-23-29(26-40(41)46-48-28-31-12-4-11-21-42(31)49-46)33-15-5-6-16-34(33)30-22-24-39-43(27-30)50(32-13-2-1-3-14-32)45-38-20-10-8-18-36(38)35-17-7-9-19-37(35)44(39)45/h1-28H. The summed E-state index contributed by atoms with van der Waals surface area (Å²) in [5.41, 5.74) is 10.0. The van der Waals surface area contributed by atoms with Crippen LogP contribution in [0, 0.1) is 0 Å².